The van der Waals surface area contributed by atoms with Crippen LogP contribution in [0.3, 0.4) is 0 Å². The molecule has 4 aromatic rings. The number of hydrogen-bond acceptors (Lipinski definition) is 6. The molecule has 6 nitrogen and oxygen atoms in total. The molecule has 6 heteroatoms. The number of aromatic nitrogens is 1. The number of oxazole rings is 1. The van der Waals surface area contributed by atoms with Crippen LogP contribution in [-0.4, -0.2) is 42.8 Å². The molecule has 0 amide bonds. The van der Waals surface area contributed by atoms with Gasteiger partial charge >= 0.3 is 0 Å². The summed E-state index contributed by atoms with van der Waals surface area (Å²) in [6.07, 6.45) is 1.70. The van der Waals surface area contributed by atoms with Crippen LogP contribution in [-0.2, 0) is 12.8 Å². The summed E-state index contributed by atoms with van der Waals surface area (Å²) in [5, 5.41) is 10.8. The predicted molar refractivity (Wildman–Crippen MR) is 122 cm³/mol. The molecule has 0 saturated heterocycles. The lowest BCUT2D eigenvalue weighted by Gasteiger charge is -2.40. The lowest BCUT2D eigenvalue weighted by molar-refractivity contribution is 0.227. The van der Waals surface area contributed by atoms with Gasteiger partial charge < -0.3 is 19.0 Å². The third kappa shape index (κ3) is 2.59. The van der Waals surface area contributed by atoms with E-state index in [-0.39, 0.29) is 11.8 Å². The number of fused-ring (bicyclic) bond motifs is 4. The van der Waals surface area contributed by atoms with Crippen molar-refractivity contribution in [3.05, 3.63) is 59.2 Å². The van der Waals surface area contributed by atoms with Crippen molar-refractivity contribution >= 4 is 11.1 Å². The minimum atomic E-state index is 0.168. The van der Waals surface area contributed by atoms with E-state index in [1.54, 1.807) is 14.2 Å². The van der Waals surface area contributed by atoms with Gasteiger partial charge in [-0.2, -0.15) is 0 Å². The second-order valence-corrected chi connectivity index (χ2v) is 8.49. The van der Waals surface area contributed by atoms with Crippen molar-refractivity contribution < 1.29 is 19.0 Å². The Kier molecular flexibility index (Phi) is 4.20. The van der Waals surface area contributed by atoms with Crippen LogP contribution < -0.4 is 9.47 Å². The molecule has 0 spiro atoms. The average molecular weight is 428 g/mol. The number of ether oxygens (including phenoxy) is 2. The van der Waals surface area contributed by atoms with Gasteiger partial charge in [-0.3, -0.25) is 4.90 Å². The average Bonchev–Trinajstić information content (AvgIpc) is 3.27. The molecule has 1 atom stereocenters. The Morgan fingerprint density at radius 3 is 2.69 bits per heavy atom. The second-order valence-electron chi connectivity index (χ2n) is 8.49. The minimum Gasteiger partial charge on any atom is -0.504 e. The highest BCUT2D eigenvalue weighted by atomic mass is 16.5. The summed E-state index contributed by atoms with van der Waals surface area (Å²) in [5.41, 5.74) is 7.78. The maximum atomic E-state index is 10.8. The van der Waals surface area contributed by atoms with Gasteiger partial charge in [-0.25, -0.2) is 4.98 Å². The van der Waals surface area contributed by atoms with Gasteiger partial charge in [-0.15, -0.1) is 0 Å². The number of nitrogens with zero attached hydrogens (tertiary/aromatic N) is 2. The fourth-order valence-electron chi connectivity index (χ4n) is 5.29. The van der Waals surface area contributed by atoms with Crippen molar-refractivity contribution in [3.63, 3.8) is 0 Å². The summed E-state index contributed by atoms with van der Waals surface area (Å²) in [5.74, 6) is 1.86. The lowest BCUT2D eigenvalue weighted by Crippen LogP contribution is -2.35. The summed E-state index contributed by atoms with van der Waals surface area (Å²) >= 11 is 0. The summed E-state index contributed by atoms with van der Waals surface area (Å²) in [7, 11) is 5.40. The number of phenolic OH excluding ortho intramolecular Hbond substituents is 1. The van der Waals surface area contributed by atoms with E-state index < -0.39 is 0 Å². The van der Waals surface area contributed by atoms with Crippen molar-refractivity contribution in [2.24, 2.45) is 0 Å². The molecule has 32 heavy (non-hydrogen) atoms. The third-order valence-electron chi connectivity index (χ3n) is 6.83. The number of methoxy groups -OCH3 is 2. The molecule has 1 aliphatic carbocycles. The fourth-order valence-corrected chi connectivity index (χ4v) is 5.29. The standard InChI is InChI=1S/C26H24N2O4/c1-28-10-9-15-11-19(29)24(31-3)22-16-13-20(30-2)25-23(17(16)12-18(28)21(15)22)27-26(32-25)14-7-5-4-6-8-14/h4-8,11,13,18,29H,9-10,12H2,1-3H3/t18-/m0/s1. The summed E-state index contributed by atoms with van der Waals surface area (Å²) in [6, 6.07) is 13.9. The van der Waals surface area contributed by atoms with Crippen LogP contribution in [0.2, 0.25) is 0 Å². The third-order valence-corrected chi connectivity index (χ3v) is 6.83. The molecule has 162 valence electrons. The Balaban J connectivity index is 1.70. The molecule has 0 radical (unpaired) electrons. The largest absolute Gasteiger partial charge is 0.504 e. The van der Waals surface area contributed by atoms with Crippen LogP contribution in [0.4, 0.5) is 0 Å². The Labute approximate surface area is 186 Å². The fraction of sp³-hybridized carbons (Fsp3) is 0.269. The molecule has 3 aromatic carbocycles. The highest BCUT2D eigenvalue weighted by molar-refractivity contribution is 5.96. The van der Waals surface area contributed by atoms with E-state index in [1.165, 1.54) is 11.1 Å². The van der Waals surface area contributed by atoms with E-state index in [2.05, 4.69) is 11.9 Å². The lowest BCUT2D eigenvalue weighted by atomic mass is 9.76. The first-order valence-corrected chi connectivity index (χ1v) is 10.8. The highest BCUT2D eigenvalue weighted by Crippen LogP contribution is 2.54. The molecule has 0 fully saturated rings. The number of rotatable bonds is 3. The normalized spacial score (nSPS) is 17.2. The zero-order chi connectivity index (χ0) is 22.0. The number of hydrogen-bond donors (Lipinski definition) is 1. The van der Waals surface area contributed by atoms with E-state index in [1.807, 2.05) is 42.5 Å². The van der Waals surface area contributed by atoms with Gasteiger partial charge in [-0.05, 0) is 66.4 Å². The second kappa shape index (κ2) is 7.00. The molecule has 2 aliphatic rings. The Hall–Kier alpha value is -3.51. The predicted octanol–water partition coefficient (Wildman–Crippen LogP) is 4.97. The van der Waals surface area contributed by atoms with Crippen LogP contribution >= 0.6 is 0 Å². The molecule has 6 rings (SSSR count). The molecule has 1 aromatic heterocycles. The number of phenols is 1. The summed E-state index contributed by atoms with van der Waals surface area (Å²) < 4.78 is 17.7. The molecular formula is C26H24N2O4. The van der Waals surface area contributed by atoms with Gasteiger partial charge in [0.15, 0.2) is 22.8 Å². The van der Waals surface area contributed by atoms with Crippen LogP contribution in [0.5, 0.6) is 17.2 Å². The van der Waals surface area contributed by atoms with Crippen molar-refractivity contribution in [1.82, 2.24) is 9.88 Å². The first-order chi connectivity index (χ1) is 15.6. The van der Waals surface area contributed by atoms with Crippen LogP contribution in [0.15, 0.2) is 46.9 Å². The van der Waals surface area contributed by atoms with Crippen LogP contribution in [0.25, 0.3) is 33.7 Å². The van der Waals surface area contributed by atoms with Crippen molar-refractivity contribution in [2.45, 2.75) is 18.9 Å². The molecule has 0 bridgehead atoms. The maximum absolute atomic E-state index is 10.8. The molecule has 2 heterocycles. The van der Waals surface area contributed by atoms with Crippen LogP contribution in [0.1, 0.15) is 22.7 Å². The zero-order valence-corrected chi connectivity index (χ0v) is 18.3. The Bertz CT molecular complexity index is 1360. The number of aromatic hydroxyl groups is 1. The summed E-state index contributed by atoms with van der Waals surface area (Å²) in [6.45, 7) is 0.936. The molecule has 1 aliphatic heterocycles. The quantitative estimate of drug-likeness (QED) is 0.497. The molecular weight excluding hydrogens is 404 g/mol. The number of likely N-dealkylation sites (N-methyl/N-ethyl adjacent to an activating group) is 1. The minimum absolute atomic E-state index is 0.168. The van der Waals surface area contributed by atoms with Crippen molar-refractivity contribution in [3.8, 4) is 39.8 Å². The van der Waals surface area contributed by atoms with E-state index in [9.17, 15) is 5.11 Å². The monoisotopic (exact) mass is 428 g/mol. The van der Waals surface area contributed by atoms with Crippen molar-refractivity contribution in [2.75, 3.05) is 27.8 Å². The molecule has 1 N–H and O–H groups in total. The first-order valence-electron chi connectivity index (χ1n) is 10.8. The summed E-state index contributed by atoms with van der Waals surface area (Å²) in [4.78, 5) is 7.30. The van der Waals surface area contributed by atoms with E-state index in [0.717, 1.165) is 47.2 Å². The topological polar surface area (TPSA) is 68.0 Å². The van der Waals surface area contributed by atoms with Gasteiger partial charge in [0.25, 0.3) is 0 Å². The highest BCUT2D eigenvalue weighted by Gasteiger charge is 2.38. The first kappa shape index (κ1) is 19.2. The molecule has 0 unspecified atom stereocenters. The van der Waals surface area contributed by atoms with E-state index in [4.69, 9.17) is 18.9 Å². The SMILES string of the molecule is COc1c(O)cc2c3c1-c1cc(OC)c4oc(-c5ccccc5)nc4c1C[C@@H]3N(C)CC2. The van der Waals surface area contributed by atoms with Crippen LogP contribution in [0, 0.1) is 0 Å². The number of benzene rings is 3. The van der Waals surface area contributed by atoms with Gasteiger partial charge in [0, 0.05) is 23.7 Å². The van der Waals surface area contributed by atoms with Gasteiger partial charge in [0.2, 0.25) is 5.89 Å². The van der Waals surface area contributed by atoms with Gasteiger partial charge in [-0.1, -0.05) is 18.2 Å². The van der Waals surface area contributed by atoms with E-state index >= 15 is 0 Å². The Morgan fingerprint density at radius 1 is 1.12 bits per heavy atom. The zero-order valence-electron chi connectivity index (χ0n) is 18.3. The smallest absolute Gasteiger partial charge is 0.227 e. The van der Waals surface area contributed by atoms with Gasteiger partial charge in [0.05, 0.1) is 14.2 Å². The van der Waals surface area contributed by atoms with Crippen molar-refractivity contribution in [1.29, 1.82) is 0 Å². The van der Waals surface area contributed by atoms with Gasteiger partial charge in [0.1, 0.15) is 5.52 Å². The maximum Gasteiger partial charge on any atom is 0.227 e. The van der Waals surface area contributed by atoms with E-state index in [0.29, 0.717) is 23.0 Å². The Morgan fingerprint density at radius 2 is 1.94 bits per heavy atom. The molecule has 0 saturated carbocycles.